The van der Waals surface area contributed by atoms with Crippen molar-refractivity contribution in [3.05, 3.63) is 48.1 Å². The lowest BCUT2D eigenvalue weighted by Crippen LogP contribution is -2.56. The summed E-state index contributed by atoms with van der Waals surface area (Å²) in [7, 11) is 0. The summed E-state index contributed by atoms with van der Waals surface area (Å²) in [5.41, 5.74) is 0.779. The van der Waals surface area contributed by atoms with Gasteiger partial charge in [0.05, 0.1) is 26.3 Å². The number of hydrogen-bond acceptors (Lipinski definition) is 9. The predicted molar refractivity (Wildman–Crippen MR) is 141 cm³/mol. The Morgan fingerprint density at radius 2 is 1.61 bits per heavy atom. The highest BCUT2D eigenvalue weighted by Crippen LogP contribution is 2.12. The lowest BCUT2D eigenvalue weighted by molar-refractivity contribution is -0.145. The maximum absolute atomic E-state index is 12.7. The largest absolute Gasteiger partial charge is 0.465 e. The Balaban J connectivity index is 1.89. The highest BCUT2D eigenvalue weighted by atomic mass is 16.4. The Morgan fingerprint density at radius 1 is 0.902 bits per heavy atom. The molecule has 1 aliphatic carbocycles. The van der Waals surface area contributed by atoms with Crippen molar-refractivity contribution in [3.8, 4) is 0 Å². The first-order valence-corrected chi connectivity index (χ1v) is 12.4. The molecule has 220 valence electrons. The summed E-state index contributed by atoms with van der Waals surface area (Å²) in [6, 6.07) is -2.43. The van der Waals surface area contributed by atoms with Crippen LogP contribution in [0.4, 0.5) is 4.79 Å². The van der Waals surface area contributed by atoms with Crippen molar-refractivity contribution in [2.24, 2.45) is 0 Å². The number of aldehydes is 1. The van der Waals surface area contributed by atoms with E-state index < -0.39 is 66.7 Å². The zero-order valence-electron chi connectivity index (χ0n) is 21.9. The number of carbonyl (C=O) groups excluding carboxylic acids is 7. The summed E-state index contributed by atoms with van der Waals surface area (Å²) in [6.07, 6.45) is 11.1. The number of allylic oxidation sites excluding steroid dienone is 5. The van der Waals surface area contributed by atoms with Gasteiger partial charge in [-0.05, 0) is 12.0 Å². The molecule has 2 atom stereocenters. The van der Waals surface area contributed by atoms with E-state index in [1.807, 2.05) is 23.5 Å². The van der Waals surface area contributed by atoms with Crippen LogP contribution in [0.3, 0.4) is 0 Å². The van der Waals surface area contributed by atoms with Gasteiger partial charge in [0.25, 0.3) is 11.8 Å². The van der Waals surface area contributed by atoms with Crippen LogP contribution in [0.1, 0.15) is 12.8 Å². The zero-order valence-corrected chi connectivity index (χ0v) is 21.9. The number of nitrogens with one attached hydrogen (secondary N) is 6. The molecule has 2 aliphatic rings. The van der Waals surface area contributed by atoms with Crippen molar-refractivity contribution in [3.63, 3.8) is 0 Å². The fourth-order valence-electron chi connectivity index (χ4n) is 3.62. The highest BCUT2D eigenvalue weighted by Gasteiger charge is 2.35. The van der Waals surface area contributed by atoms with Gasteiger partial charge in [-0.3, -0.25) is 39.0 Å². The number of amides is 7. The maximum atomic E-state index is 12.7. The molecule has 16 heteroatoms. The minimum Gasteiger partial charge on any atom is -0.465 e. The molecule has 7 N–H and O–H groups in total. The monoisotopic (exact) mass is 573 g/mol. The van der Waals surface area contributed by atoms with E-state index in [0.29, 0.717) is 17.6 Å². The van der Waals surface area contributed by atoms with Gasteiger partial charge in [-0.25, -0.2) is 4.79 Å². The molecule has 0 saturated heterocycles. The second-order valence-corrected chi connectivity index (χ2v) is 8.54. The first kappa shape index (κ1) is 32.1. The molecule has 0 aromatic carbocycles. The molecule has 1 heterocycles. The van der Waals surface area contributed by atoms with E-state index in [-0.39, 0.29) is 26.2 Å². The van der Waals surface area contributed by atoms with Gasteiger partial charge in [0.1, 0.15) is 18.4 Å². The van der Waals surface area contributed by atoms with E-state index in [1.54, 1.807) is 12.2 Å². The number of nitrogens with zero attached hydrogens (tertiary/aromatic N) is 1. The van der Waals surface area contributed by atoms with Crippen LogP contribution in [0, 0.1) is 0 Å². The number of imide groups is 1. The lowest BCUT2D eigenvalue weighted by atomic mass is 10.0. The van der Waals surface area contributed by atoms with E-state index in [4.69, 9.17) is 5.11 Å². The van der Waals surface area contributed by atoms with Crippen LogP contribution < -0.4 is 31.9 Å². The Labute approximate surface area is 234 Å². The van der Waals surface area contributed by atoms with Crippen molar-refractivity contribution in [1.29, 1.82) is 0 Å². The molecule has 0 radical (unpaired) electrons. The number of carboxylic acid groups (broad SMARTS) is 1. The van der Waals surface area contributed by atoms with Crippen molar-refractivity contribution < 1.29 is 43.5 Å². The second-order valence-electron chi connectivity index (χ2n) is 8.54. The van der Waals surface area contributed by atoms with Crippen LogP contribution in [-0.4, -0.2) is 103 Å². The molecule has 1 aliphatic heterocycles. The summed E-state index contributed by atoms with van der Waals surface area (Å²) >= 11 is 0. The normalized spacial score (nSPS) is 15.3. The molecule has 2 unspecified atom stereocenters. The molecular formula is C25H31N7O9. The van der Waals surface area contributed by atoms with Crippen LogP contribution in [-0.2, 0) is 33.6 Å². The molecule has 41 heavy (non-hydrogen) atoms. The first-order valence-electron chi connectivity index (χ1n) is 12.4. The van der Waals surface area contributed by atoms with Gasteiger partial charge < -0.3 is 36.5 Å². The van der Waals surface area contributed by atoms with E-state index >= 15 is 0 Å². The van der Waals surface area contributed by atoms with Crippen LogP contribution in [0.25, 0.3) is 0 Å². The number of hydrogen-bond donors (Lipinski definition) is 7. The van der Waals surface area contributed by atoms with Gasteiger partial charge in [-0.2, -0.15) is 0 Å². The third-order valence-corrected chi connectivity index (χ3v) is 5.55. The van der Waals surface area contributed by atoms with Crippen molar-refractivity contribution in [2.45, 2.75) is 24.9 Å². The molecule has 2 rings (SSSR count). The van der Waals surface area contributed by atoms with Crippen molar-refractivity contribution in [1.82, 2.24) is 36.8 Å². The Hall–Kier alpha value is -5.12. The van der Waals surface area contributed by atoms with Crippen molar-refractivity contribution >= 4 is 47.8 Å². The topological polar surface area (TPSA) is 232 Å². The van der Waals surface area contributed by atoms with Crippen LogP contribution in [0.5, 0.6) is 0 Å². The zero-order chi connectivity index (χ0) is 30.2. The standard InChI is InChI=1S/C25H31N7O9/c33-10-9-27-23(38)17(11-16-5-3-1-2-4-6-16)31-20(35)14-28-19(34)13-29-24(39)18(12-26-15-30-25(40)41)32-21(36)7-8-22(32)37/h1-3,5-8,10,17-18,26,30H,4,9,11-15H2,(H,27,38)(H,28,34)(H,29,39)(H,31,35)(H,40,41). The first-order chi connectivity index (χ1) is 19.6. The molecule has 0 bridgehead atoms. The minimum atomic E-state index is -1.40. The van der Waals surface area contributed by atoms with Crippen molar-refractivity contribution in [2.75, 3.05) is 32.8 Å². The quantitative estimate of drug-likeness (QED) is 0.0427. The van der Waals surface area contributed by atoms with Crippen LogP contribution in [0.15, 0.2) is 48.1 Å². The Morgan fingerprint density at radius 3 is 2.29 bits per heavy atom. The molecule has 0 aromatic rings. The molecular weight excluding hydrogens is 542 g/mol. The smallest absolute Gasteiger partial charge is 0.405 e. The van der Waals surface area contributed by atoms with Gasteiger partial charge >= 0.3 is 6.09 Å². The number of rotatable bonds is 16. The Kier molecular flexibility index (Phi) is 13.1. The summed E-state index contributed by atoms with van der Waals surface area (Å²) in [5.74, 6) is -4.49. The molecule has 7 amide bonds. The van der Waals surface area contributed by atoms with E-state index in [2.05, 4.69) is 26.6 Å². The summed E-state index contributed by atoms with van der Waals surface area (Å²) in [6.45, 7) is -1.99. The summed E-state index contributed by atoms with van der Waals surface area (Å²) in [5, 5.41) is 22.7. The average Bonchev–Trinajstić information content (AvgIpc) is 3.10. The summed E-state index contributed by atoms with van der Waals surface area (Å²) in [4.78, 5) is 95.9. The van der Waals surface area contributed by atoms with Gasteiger partial charge in [0, 0.05) is 25.1 Å². The van der Waals surface area contributed by atoms with E-state index in [0.717, 1.165) is 17.7 Å². The molecule has 16 nitrogen and oxygen atoms in total. The van der Waals surface area contributed by atoms with Gasteiger partial charge in [0.15, 0.2) is 0 Å². The van der Waals surface area contributed by atoms with Gasteiger partial charge in [-0.1, -0.05) is 30.4 Å². The molecule has 0 fully saturated rings. The highest BCUT2D eigenvalue weighted by molar-refractivity contribution is 6.15. The third-order valence-electron chi connectivity index (χ3n) is 5.55. The van der Waals surface area contributed by atoms with Gasteiger partial charge in [0.2, 0.25) is 23.6 Å². The Bertz CT molecular complexity index is 1160. The predicted octanol–water partition coefficient (Wildman–Crippen LogP) is -3.04. The lowest BCUT2D eigenvalue weighted by Gasteiger charge is -2.25. The fraction of sp³-hybridized carbons (Fsp3) is 0.360. The minimum absolute atomic E-state index is 0.138. The maximum Gasteiger partial charge on any atom is 0.405 e. The molecule has 0 spiro atoms. The van der Waals surface area contributed by atoms with E-state index in [9.17, 15) is 38.4 Å². The van der Waals surface area contributed by atoms with Gasteiger partial charge in [-0.15, -0.1) is 0 Å². The SMILES string of the molecule is O=CCNC(=O)C(CC1=CCC=CC=C1)NC(=O)CNC(=O)CNC(=O)C(CNCNC(=O)O)N1C(=O)C=CC1=O. The molecule has 0 saturated carbocycles. The summed E-state index contributed by atoms with van der Waals surface area (Å²) < 4.78 is 0. The molecule has 0 aromatic heterocycles. The number of carbonyl (C=O) groups is 8. The fourth-order valence-corrected chi connectivity index (χ4v) is 3.62. The second kappa shape index (κ2) is 16.8. The van der Waals surface area contributed by atoms with Crippen LogP contribution >= 0.6 is 0 Å². The average molecular weight is 574 g/mol. The van der Waals surface area contributed by atoms with E-state index in [1.165, 1.54) is 0 Å². The third kappa shape index (κ3) is 11.3. The van der Waals surface area contributed by atoms with Crippen LogP contribution in [0.2, 0.25) is 0 Å².